The first-order valence-electron chi connectivity index (χ1n) is 6.36. The summed E-state index contributed by atoms with van der Waals surface area (Å²) in [4.78, 5) is 7.63. The van der Waals surface area contributed by atoms with Gasteiger partial charge in [-0.25, -0.2) is 9.97 Å². The first-order valence-corrected chi connectivity index (χ1v) is 7.15. The molecule has 0 fully saturated rings. The number of nitrogens with one attached hydrogen (secondary N) is 1. The molecule has 0 spiro atoms. The van der Waals surface area contributed by atoms with E-state index in [1.165, 1.54) is 25.6 Å². The SMILES string of the molecule is Cn1ccnc1C(O)(CCNc1ccc(Br)cn1)C(F)(F)F. The van der Waals surface area contributed by atoms with Crippen LogP contribution >= 0.6 is 15.9 Å². The summed E-state index contributed by atoms with van der Waals surface area (Å²) in [6, 6.07) is 3.33. The summed E-state index contributed by atoms with van der Waals surface area (Å²) in [5, 5.41) is 12.9. The smallest absolute Gasteiger partial charge is 0.374 e. The standard InChI is InChI=1S/C13H14BrF3N4O/c1-21-7-6-19-11(21)12(22,13(15,16)17)4-5-18-10-3-2-9(14)8-20-10/h2-3,6-8,22H,4-5H2,1H3,(H,18,20). The maximum absolute atomic E-state index is 13.3. The number of anilines is 1. The van der Waals surface area contributed by atoms with Crippen LogP contribution in [-0.4, -0.2) is 32.4 Å². The van der Waals surface area contributed by atoms with Crippen molar-refractivity contribution in [1.29, 1.82) is 0 Å². The summed E-state index contributed by atoms with van der Waals surface area (Å²) in [6.07, 6.45) is -1.32. The van der Waals surface area contributed by atoms with Crippen molar-refractivity contribution in [2.75, 3.05) is 11.9 Å². The second kappa shape index (κ2) is 6.25. The number of imidazole rings is 1. The molecule has 120 valence electrons. The van der Waals surface area contributed by atoms with Crippen molar-refractivity contribution in [3.63, 3.8) is 0 Å². The van der Waals surface area contributed by atoms with E-state index >= 15 is 0 Å². The lowest BCUT2D eigenvalue weighted by Gasteiger charge is -2.30. The summed E-state index contributed by atoms with van der Waals surface area (Å²) in [7, 11) is 1.41. The van der Waals surface area contributed by atoms with E-state index in [9.17, 15) is 18.3 Å². The highest BCUT2D eigenvalue weighted by Gasteiger charge is 2.57. The van der Waals surface area contributed by atoms with E-state index in [0.717, 1.165) is 9.04 Å². The molecule has 2 N–H and O–H groups in total. The van der Waals surface area contributed by atoms with Crippen LogP contribution in [0.5, 0.6) is 0 Å². The van der Waals surface area contributed by atoms with E-state index in [0.29, 0.717) is 5.82 Å². The number of alkyl halides is 3. The van der Waals surface area contributed by atoms with E-state index in [1.54, 1.807) is 12.1 Å². The Bertz CT molecular complexity index is 629. The van der Waals surface area contributed by atoms with Gasteiger partial charge in [0, 0.05) is 43.1 Å². The normalized spacial score (nSPS) is 14.6. The van der Waals surface area contributed by atoms with Gasteiger partial charge in [-0.2, -0.15) is 13.2 Å². The Labute approximate surface area is 133 Å². The van der Waals surface area contributed by atoms with Gasteiger partial charge in [-0.15, -0.1) is 0 Å². The third-order valence-corrected chi connectivity index (χ3v) is 3.65. The molecule has 0 aliphatic heterocycles. The van der Waals surface area contributed by atoms with Gasteiger partial charge in [0.25, 0.3) is 0 Å². The summed E-state index contributed by atoms with van der Waals surface area (Å²) in [5.74, 6) is -0.0156. The molecule has 0 bridgehead atoms. The molecule has 22 heavy (non-hydrogen) atoms. The highest BCUT2D eigenvalue weighted by atomic mass is 79.9. The van der Waals surface area contributed by atoms with Crippen molar-refractivity contribution in [3.8, 4) is 0 Å². The van der Waals surface area contributed by atoms with Gasteiger partial charge in [-0.3, -0.25) is 0 Å². The fraction of sp³-hybridized carbons (Fsp3) is 0.385. The zero-order valence-corrected chi connectivity index (χ0v) is 13.2. The summed E-state index contributed by atoms with van der Waals surface area (Å²) < 4.78 is 41.7. The largest absolute Gasteiger partial charge is 0.424 e. The van der Waals surface area contributed by atoms with Crippen LogP contribution in [0.1, 0.15) is 12.2 Å². The fourth-order valence-electron chi connectivity index (χ4n) is 2.00. The molecule has 0 aliphatic carbocycles. The van der Waals surface area contributed by atoms with E-state index in [1.807, 2.05) is 0 Å². The van der Waals surface area contributed by atoms with Crippen molar-refractivity contribution >= 4 is 21.7 Å². The van der Waals surface area contributed by atoms with Gasteiger partial charge in [0.1, 0.15) is 11.6 Å². The van der Waals surface area contributed by atoms with Crippen LogP contribution < -0.4 is 5.32 Å². The Morgan fingerprint density at radius 2 is 2.05 bits per heavy atom. The predicted molar refractivity (Wildman–Crippen MR) is 78.2 cm³/mol. The van der Waals surface area contributed by atoms with Gasteiger partial charge >= 0.3 is 6.18 Å². The minimum absolute atomic E-state index is 0.114. The number of hydrogen-bond acceptors (Lipinski definition) is 4. The van der Waals surface area contributed by atoms with Crippen LogP contribution in [0, 0.1) is 0 Å². The molecule has 2 aromatic rings. The number of hydrogen-bond donors (Lipinski definition) is 2. The minimum atomic E-state index is -4.83. The molecule has 2 rings (SSSR count). The number of aliphatic hydroxyl groups is 1. The molecule has 1 atom stereocenters. The number of nitrogens with zero attached hydrogens (tertiary/aromatic N) is 3. The zero-order valence-electron chi connectivity index (χ0n) is 11.6. The third kappa shape index (κ3) is 3.41. The second-order valence-corrected chi connectivity index (χ2v) is 5.67. The van der Waals surface area contributed by atoms with Gasteiger partial charge < -0.3 is 15.0 Å². The molecular weight excluding hydrogens is 365 g/mol. The number of rotatable bonds is 5. The summed E-state index contributed by atoms with van der Waals surface area (Å²) in [6.45, 7) is -0.114. The quantitative estimate of drug-likeness (QED) is 0.839. The lowest BCUT2D eigenvalue weighted by atomic mass is 9.97. The molecule has 0 aromatic carbocycles. The van der Waals surface area contributed by atoms with Crippen LogP contribution in [0.15, 0.2) is 35.2 Å². The molecule has 2 aromatic heterocycles. The molecule has 0 saturated carbocycles. The summed E-state index contributed by atoms with van der Waals surface area (Å²) >= 11 is 3.22. The average molecular weight is 379 g/mol. The van der Waals surface area contributed by atoms with Crippen LogP contribution in [0.3, 0.4) is 0 Å². The van der Waals surface area contributed by atoms with Gasteiger partial charge in [0.05, 0.1) is 0 Å². The molecule has 0 amide bonds. The first-order chi connectivity index (χ1) is 10.2. The molecule has 0 radical (unpaired) electrons. The highest BCUT2D eigenvalue weighted by Crippen LogP contribution is 2.40. The molecule has 0 aliphatic rings. The average Bonchev–Trinajstić information content (AvgIpc) is 2.86. The molecule has 0 saturated heterocycles. The zero-order chi connectivity index (χ0) is 16.4. The van der Waals surface area contributed by atoms with Crippen molar-refractivity contribution in [2.45, 2.75) is 18.2 Å². The Kier molecular flexibility index (Phi) is 4.76. The van der Waals surface area contributed by atoms with Gasteiger partial charge in [-0.05, 0) is 28.1 Å². The monoisotopic (exact) mass is 378 g/mol. The van der Waals surface area contributed by atoms with E-state index < -0.39 is 24.0 Å². The van der Waals surface area contributed by atoms with Crippen LogP contribution in [0.4, 0.5) is 19.0 Å². The number of aryl methyl sites for hydroxylation is 1. The maximum Gasteiger partial charge on any atom is 0.424 e. The van der Waals surface area contributed by atoms with E-state index in [-0.39, 0.29) is 6.54 Å². The number of aromatic nitrogens is 3. The van der Waals surface area contributed by atoms with E-state index in [2.05, 4.69) is 31.2 Å². The van der Waals surface area contributed by atoms with Crippen LogP contribution in [0.25, 0.3) is 0 Å². The topological polar surface area (TPSA) is 63.0 Å². The minimum Gasteiger partial charge on any atom is -0.374 e. The van der Waals surface area contributed by atoms with Crippen molar-refractivity contribution in [3.05, 3.63) is 41.0 Å². The van der Waals surface area contributed by atoms with Gasteiger partial charge in [0.15, 0.2) is 0 Å². The molecule has 9 heteroatoms. The van der Waals surface area contributed by atoms with Crippen LogP contribution in [-0.2, 0) is 12.6 Å². The lowest BCUT2D eigenvalue weighted by molar-refractivity contribution is -0.271. The van der Waals surface area contributed by atoms with Crippen molar-refractivity contribution < 1.29 is 18.3 Å². The Morgan fingerprint density at radius 1 is 1.32 bits per heavy atom. The molecule has 5 nitrogen and oxygen atoms in total. The fourth-order valence-corrected chi connectivity index (χ4v) is 2.23. The summed E-state index contributed by atoms with van der Waals surface area (Å²) in [5.41, 5.74) is -3.02. The predicted octanol–water partition coefficient (Wildman–Crippen LogP) is 2.83. The number of pyridine rings is 1. The molecular formula is C13H14BrF3N4O. The molecule has 1 unspecified atom stereocenters. The number of halogens is 4. The maximum atomic E-state index is 13.3. The Hall–Kier alpha value is -1.61. The van der Waals surface area contributed by atoms with Gasteiger partial charge in [0.2, 0.25) is 5.60 Å². The van der Waals surface area contributed by atoms with Crippen molar-refractivity contribution in [2.24, 2.45) is 7.05 Å². The Morgan fingerprint density at radius 3 is 2.55 bits per heavy atom. The molecule has 2 heterocycles. The second-order valence-electron chi connectivity index (χ2n) is 4.76. The third-order valence-electron chi connectivity index (χ3n) is 3.18. The lowest BCUT2D eigenvalue weighted by Crippen LogP contribution is -2.45. The van der Waals surface area contributed by atoms with E-state index in [4.69, 9.17) is 0 Å². The van der Waals surface area contributed by atoms with Gasteiger partial charge in [-0.1, -0.05) is 0 Å². The van der Waals surface area contributed by atoms with Crippen LogP contribution in [0.2, 0.25) is 0 Å². The first kappa shape index (κ1) is 16.8. The van der Waals surface area contributed by atoms with Crippen molar-refractivity contribution in [1.82, 2.24) is 14.5 Å². The Balaban J connectivity index is 2.12. The highest BCUT2D eigenvalue weighted by molar-refractivity contribution is 9.10.